The van der Waals surface area contributed by atoms with E-state index in [-0.39, 0.29) is 0 Å². The van der Waals surface area contributed by atoms with Gasteiger partial charge in [-0.2, -0.15) is 0 Å². The molecule has 0 amide bonds. The standard InChI is InChI=1S/C14H21N5/c15-14(18-12-3-4-12)17-10-11-5-6-16-13(9-11)19-7-1-2-8-19/h5-6,9,12H,1-4,7-8,10H2,(H3,15,17,18). The van der Waals surface area contributed by atoms with Crippen LogP contribution in [0.4, 0.5) is 5.82 Å². The average molecular weight is 259 g/mol. The predicted molar refractivity (Wildman–Crippen MR) is 77.2 cm³/mol. The molecule has 1 aliphatic heterocycles. The summed E-state index contributed by atoms with van der Waals surface area (Å²) in [6.07, 6.45) is 6.82. The van der Waals surface area contributed by atoms with Crippen molar-refractivity contribution >= 4 is 11.8 Å². The molecule has 0 aromatic carbocycles. The van der Waals surface area contributed by atoms with Gasteiger partial charge in [0.15, 0.2) is 5.96 Å². The molecule has 0 bridgehead atoms. The SMILES string of the molecule is NC(=NCc1ccnc(N2CCCC2)c1)NC1CC1. The van der Waals surface area contributed by atoms with Gasteiger partial charge in [-0.1, -0.05) is 0 Å². The Kier molecular flexibility index (Phi) is 3.53. The maximum Gasteiger partial charge on any atom is 0.189 e. The number of aliphatic imine (C=N–C) groups is 1. The Morgan fingerprint density at radius 1 is 1.42 bits per heavy atom. The van der Waals surface area contributed by atoms with Crippen molar-refractivity contribution in [2.24, 2.45) is 10.7 Å². The Morgan fingerprint density at radius 3 is 2.95 bits per heavy atom. The molecule has 19 heavy (non-hydrogen) atoms. The third kappa shape index (κ3) is 3.36. The van der Waals surface area contributed by atoms with Crippen LogP contribution in [0.25, 0.3) is 0 Å². The maximum absolute atomic E-state index is 5.84. The number of guanidine groups is 1. The van der Waals surface area contributed by atoms with Crippen LogP contribution in [0.5, 0.6) is 0 Å². The summed E-state index contributed by atoms with van der Waals surface area (Å²) in [5, 5.41) is 3.20. The van der Waals surface area contributed by atoms with Crippen LogP contribution in [-0.4, -0.2) is 30.1 Å². The van der Waals surface area contributed by atoms with E-state index in [1.165, 1.54) is 25.7 Å². The van der Waals surface area contributed by atoms with Gasteiger partial charge < -0.3 is 16.0 Å². The topological polar surface area (TPSA) is 66.5 Å². The first kappa shape index (κ1) is 12.3. The highest BCUT2D eigenvalue weighted by molar-refractivity contribution is 5.78. The first-order chi connectivity index (χ1) is 9.31. The van der Waals surface area contributed by atoms with Crippen LogP contribution in [0.15, 0.2) is 23.3 Å². The molecule has 3 N–H and O–H groups in total. The van der Waals surface area contributed by atoms with Crippen molar-refractivity contribution in [3.8, 4) is 0 Å². The van der Waals surface area contributed by atoms with Crippen LogP contribution in [0, 0.1) is 0 Å². The fourth-order valence-corrected chi connectivity index (χ4v) is 2.34. The van der Waals surface area contributed by atoms with Gasteiger partial charge in [-0.3, -0.25) is 0 Å². The zero-order chi connectivity index (χ0) is 13.1. The Morgan fingerprint density at radius 2 is 2.21 bits per heavy atom. The summed E-state index contributed by atoms with van der Waals surface area (Å²) in [5.41, 5.74) is 7.00. The van der Waals surface area contributed by atoms with Crippen LogP contribution in [-0.2, 0) is 6.54 Å². The highest BCUT2D eigenvalue weighted by atomic mass is 15.2. The van der Waals surface area contributed by atoms with Gasteiger partial charge in [-0.25, -0.2) is 9.98 Å². The molecule has 1 aromatic heterocycles. The number of nitrogens with one attached hydrogen (secondary N) is 1. The lowest BCUT2D eigenvalue weighted by Gasteiger charge is -2.16. The highest BCUT2D eigenvalue weighted by Crippen LogP contribution is 2.19. The number of hydrogen-bond donors (Lipinski definition) is 2. The van der Waals surface area contributed by atoms with Crippen LogP contribution < -0.4 is 16.0 Å². The zero-order valence-electron chi connectivity index (χ0n) is 11.2. The smallest absolute Gasteiger partial charge is 0.189 e. The molecule has 3 rings (SSSR count). The molecular weight excluding hydrogens is 238 g/mol. The van der Waals surface area contributed by atoms with Crippen molar-refractivity contribution < 1.29 is 0 Å². The summed E-state index contributed by atoms with van der Waals surface area (Å²) in [4.78, 5) is 11.1. The Hall–Kier alpha value is -1.78. The van der Waals surface area contributed by atoms with Crippen LogP contribution >= 0.6 is 0 Å². The molecule has 1 saturated carbocycles. The molecule has 5 heteroatoms. The Labute approximate surface area is 113 Å². The number of hydrogen-bond acceptors (Lipinski definition) is 3. The van der Waals surface area contributed by atoms with Crippen LogP contribution in [0.1, 0.15) is 31.2 Å². The third-order valence-corrected chi connectivity index (χ3v) is 3.60. The summed E-state index contributed by atoms with van der Waals surface area (Å²) in [7, 11) is 0. The molecule has 5 nitrogen and oxygen atoms in total. The van der Waals surface area contributed by atoms with Gasteiger partial charge in [-0.15, -0.1) is 0 Å². The van der Waals surface area contributed by atoms with Crippen LogP contribution in [0.3, 0.4) is 0 Å². The second-order valence-electron chi connectivity index (χ2n) is 5.34. The van der Waals surface area contributed by atoms with Gasteiger partial charge in [-0.05, 0) is 43.4 Å². The molecule has 2 fully saturated rings. The van der Waals surface area contributed by atoms with Crippen molar-refractivity contribution in [1.29, 1.82) is 0 Å². The van der Waals surface area contributed by atoms with E-state index in [1.54, 1.807) is 0 Å². The molecule has 2 aliphatic rings. The second-order valence-corrected chi connectivity index (χ2v) is 5.34. The van der Waals surface area contributed by atoms with Crippen LogP contribution in [0.2, 0.25) is 0 Å². The fourth-order valence-electron chi connectivity index (χ4n) is 2.34. The lowest BCUT2D eigenvalue weighted by molar-refractivity contribution is 0.876. The molecule has 102 valence electrons. The number of rotatable bonds is 4. The predicted octanol–water partition coefficient (Wildman–Crippen LogP) is 1.25. The monoisotopic (exact) mass is 259 g/mol. The molecule has 1 aromatic rings. The minimum Gasteiger partial charge on any atom is -0.370 e. The maximum atomic E-state index is 5.84. The molecule has 0 unspecified atom stereocenters. The number of nitrogens with two attached hydrogens (primary N) is 1. The van der Waals surface area contributed by atoms with Gasteiger partial charge in [0, 0.05) is 25.3 Å². The highest BCUT2D eigenvalue weighted by Gasteiger charge is 2.21. The first-order valence-corrected chi connectivity index (χ1v) is 7.07. The first-order valence-electron chi connectivity index (χ1n) is 7.07. The average Bonchev–Trinajstić information content (AvgIpc) is 3.07. The minimum absolute atomic E-state index is 0.557. The van der Waals surface area contributed by atoms with Gasteiger partial charge in [0.1, 0.15) is 5.82 Å². The largest absolute Gasteiger partial charge is 0.370 e. The molecule has 1 saturated heterocycles. The van der Waals surface area contributed by atoms with Gasteiger partial charge >= 0.3 is 0 Å². The normalized spacial score (nSPS) is 19.8. The molecule has 2 heterocycles. The summed E-state index contributed by atoms with van der Waals surface area (Å²) >= 11 is 0. The summed E-state index contributed by atoms with van der Waals surface area (Å²) < 4.78 is 0. The van der Waals surface area contributed by atoms with E-state index in [9.17, 15) is 0 Å². The summed E-state index contributed by atoms with van der Waals surface area (Å²) in [5.74, 6) is 1.63. The van der Waals surface area contributed by atoms with Crippen molar-refractivity contribution in [1.82, 2.24) is 10.3 Å². The van der Waals surface area contributed by atoms with Crippen molar-refractivity contribution in [3.63, 3.8) is 0 Å². The van der Waals surface area contributed by atoms with E-state index in [4.69, 9.17) is 5.73 Å². The van der Waals surface area contributed by atoms with Gasteiger partial charge in [0.2, 0.25) is 0 Å². The zero-order valence-corrected chi connectivity index (χ0v) is 11.2. The fraction of sp³-hybridized carbons (Fsp3) is 0.571. The Balaban J connectivity index is 1.61. The third-order valence-electron chi connectivity index (χ3n) is 3.60. The number of nitrogens with zero attached hydrogens (tertiary/aromatic N) is 3. The van der Waals surface area contributed by atoms with Crippen molar-refractivity contribution in [2.75, 3.05) is 18.0 Å². The van der Waals surface area contributed by atoms with E-state index < -0.39 is 0 Å². The summed E-state index contributed by atoms with van der Waals surface area (Å²) in [6, 6.07) is 4.69. The Bertz CT molecular complexity index is 461. The van der Waals surface area contributed by atoms with Crippen molar-refractivity contribution in [2.45, 2.75) is 38.3 Å². The quantitative estimate of drug-likeness (QED) is 0.631. The number of anilines is 1. The number of aromatic nitrogens is 1. The minimum atomic E-state index is 0.557. The van der Waals surface area contributed by atoms with E-state index in [2.05, 4.69) is 26.3 Å². The second kappa shape index (κ2) is 5.47. The lowest BCUT2D eigenvalue weighted by Crippen LogP contribution is -2.33. The molecule has 0 radical (unpaired) electrons. The molecule has 0 atom stereocenters. The van der Waals surface area contributed by atoms with Crippen molar-refractivity contribution in [3.05, 3.63) is 23.9 Å². The summed E-state index contributed by atoms with van der Waals surface area (Å²) in [6.45, 7) is 2.85. The molecule has 0 spiro atoms. The van der Waals surface area contributed by atoms with E-state index in [0.29, 0.717) is 18.5 Å². The number of pyridine rings is 1. The van der Waals surface area contributed by atoms with Gasteiger partial charge in [0.25, 0.3) is 0 Å². The lowest BCUT2D eigenvalue weighted by atomic mass is 10.2. The molecular formula is C14H21N5. The van der Waals surface area contributed by atoms with E-state index >= 15 is 0 Å². The van der Waals surface area contributed by atoms with Gasteiger partial charge in [0.05, 0.1) is 6.54 Å². The van der Waals surface area contributed by atoms with E-state index in [0.717, 1.165) is 24.5 Å². The van der Waals surface area contributed by atoms with E-state index in [1.807, 2.05) is 12.3 Å². The molecule has 1 aliphatic carbocycles.